The number of nitrogens with one attached hydrogen (secondary N) is 1. The Balaban J connectivity index is 1.77. The first-order valence-corrected chi connectivity index (χ1v) is 12.3. The summed E-state index contributed by atoms with van der Waals surface area (Å²) in [6.07, 6.45) is -1.25. The molecule has 1 fully saturated rings. The van der Waals surface area contributed by atoms with Crippen LogP contribution >= 0.6 is 0 Å². The summed E-state index contributed by atoms with van der Waals surface area (Å²) in [7, 11) is -3.94. The lowest BCUT2D eigenvalue weighted by atomic mass is 10.2. The molecule has 1 aliphatic heterocycles. The van der Waals surface area contributed by atoms with Crippen molar-refractivity contribution < 1.29 is 27.5 Å². The van der Waals surface area contributed by atoms with Crippen LogP contribution in [-0.2, 0) is 24.3 Å². The van der Waals surface area contributed by atoms with Gasteiger partial charge in [0.25, 0.3) is 15.9 Å². The van der Waals surface area contributed by atoms with Crippen LogP contribution in [0.2, 0.25) is 0 Å². The second-order valence-corrected chi connectivity index (χ2v) is 10.1. The van der Waals surface area contributed by atoms with Crippen molar-refractivity contribution in [2.75, 3.05) is 17.8 Å². The summed E-state index contributed by atoms with van der Waals surface area (Å²) < 4.78 is 39.6. The van der Waals surface area contributed by atoms with E-state index in [2.05, 4.69) is 4.72 Å². The van der Waals surface area contributed by atoms with Gasteiger partial charge in [-0.2, -0.15) is 0 Å². The molecule has 1 aliphatic rings. The molecule has 2 aromatic rings. The van der Waals surface area contributed by atoms with Crippen molar-refractivity contribution in [3.05, 3.63) is 59.2 Å². The van der Waals surface area contributed by atoms with Gasteiger partial charge in [0.05, 0.1) is 28.4 Å². The van der Waals surface area contributed by atoms with Crippen LogP contribution in [0.25, 0.3) is 0 Å². The van der Waals surface area contributed by atoms with Crippen LogP contribution in [0.3, 0.4) is 0 Å². The predicted molar refractivity (Wildman–Crippen MR) is 125 cm³/mol. The van der Waals surface area contributed by atoms with Crippen LogP contribution < -0.4 is 4.72 Å². The molecule has 33 heavy (non-hydrogen) atoms. The minimum absolute atomic E-state index is 0.0229. The highest BCUT2D eigenvalue weighted by atomic mass is 32.2. The van der Waals surface area contributed by atoms with E-state index in [0.717, 1.165) is 5.56 Å². The number of para-hydroxylation sites is 1. The predicted octanol–water partition coefficient (Wildman–Crippen LogP) is 3.29. The number of hydrogen-bond acceptors (Lipinski definition) is 6. The van der Waals surface area contributed by atoms with Crippen molar-refractivity contribution in [1.29, 1.82) is 0 Å². The topological polar surface area (TPSA) is 102 Å². The number of benzene rings is 2. The van der Waals surface area contributed by atoms with Crippen LogP contribution in [0.4, 0.5) is 5.69 Å². The van der Waals surface area contributed by atoms with Gasteiger partial charge in [-0.1, -0.05) is 24.3 Å². The summed E-state index contributed by atoms with van der Waals surface area (Å²) in [4.78, 5) is 27.4. The molecule has 8 nitrogen and oxygen atoms in total. The van der Waals surface area contributed by atoms with Crippen LogP contribution in [0.1, 0.15) is 42.3 Å². The summed E-state index contributed by atoms with van der Waals surface area (Å²) in [6, 6.07) is 11.3. The molecule has 0 bridgehead atoms. The maximum atomic E-state index is 13.0. The van der Waals surface area contributed by atoms with E-state index < -0.39 is 22.1 Å². The molecule has 0 radical (unpaired) electrons. The third kappa shape index (κ3) is 5.91. The maximum absolute atomic E-state index is 13.0. The zero-order valence-corrected chi connectivity index (χ0v) is 20.3. The molecule has 1 N–H and O–H groups in total. The number of carbonyl (C=O) groups excluding carboxylic acids is 2. The molecule has 0 unspecified atom stereocenters. The van der Waals surface area contributed by atoms with E-state index in [9.17, 15) is 18.0 Å². The van der Waals surface area contributed by atoms with Gasteiger partial charge in [-0.3, -0.25) is 9.52 Å². The van der Waals surface area contributed by atoms with Crippen LogP contribution in [0, 0.1) is 13.8 Å². The van der Waals surface area contributed by atoms with E-state index in [-0.39, 0.29) is 34.3 Å². The molecular weight excluding hydrogens is 444 g/mol. The average Bonchev–Trinajstić information content (AvgIpc) is 2.74. The number of carbonyl (C=O) groups is 2. The van der Waals surface area contributed by atoms with Gasteiger partial charge in [-0.25, -0.2) is 13.2 Å². The lowest BCUT2D eigenvalue weighted by Gasteiger charge is -2.36. The number of hydrogen-bond donors (Lipinski definition) is 1. The van der Waals surface area contributed by atoms with E-state index >= 15 is 0 Å². The van der Waals surface area contributed by atoms with Crippen molar-refractivity contribution in [3.8, 4) is 0 Å². The number of anilines is 1. The molecule has 0 saturated carbocycles. The highest BCUT2D eigenvalue weighted by molar-refractivity contribution is 7.92. The minimum atomic E-state index is -3.94. The summed E-state index contributed by atoms with van der Waals surface area (Å²) in [5.41, 5.74) is 1.49. The minimum Gasteiger partial charge on any atom is -0.449 e. The number of aryl methyl sites for hydroxylation is 2. The van der Waals surface area contributed by atoms with Gasteiger partial charge in [0.2, 0.25) is 0 Å². The molecule has 0 aliphatic carbocycles. The van der Waals surface area contributed by atoms with Crippen molar-refractivity contribution in [2.45, 2.75) is 57.8 Å². The number of ether oxygens (including phenoxy) is 2. The standard InChI is InChI=1S/C24H30N2O6S/c1-15-10-11-16(2)22(12-15)33(29,30)25-21-9-7-6-8-20(21)24(28)32-19(5)23(27)26-13-17(3)31-18(4)14-26/h6-12,17-19,25H,13-14H2,1-5H3/t17-,18-,19+/m0/s1. The number of morpholine rings is 1. The van der Waals surface area contributed by atoms with Crippen molar-refractivity contribution in [1.82, 2.24) is 4.90 Å². The number of esters is 1. The third-order valence-corrected chi connectivity index (χ3v) is 6.89. The van der Waals surface area contributed by atoms with E-state index in [1.165, 1.54) is 19.1 Å². The normalized spacial score (nSPS) is 19.6. The Morgan fingerprint density at radius 1 is 1.09 bits per heavy atom. The monoisotopic (exact) mass is 474 g/mol. The van der Waals surface area contributed by atoms with Crippen LogP contribution in [0.5, 0.6) is 0 Å². The number of nitrogens with zero attached hydrogens (tertiary/aromatic N) is 1. The molecule has 9 heteroatoms. The number of sulfonamides is 1. The Labute approximate surface area is 194 Å². The Hall–Kier alpha value is -2.91. The number of amides is 1. The first-order chi connectivity index (χ1) is 15.5. The molecule has 1 heterocycles. The lowest BCUT2D eigenvalue weighted by Crippen LogP contribution is -2.51. The van der Waals surface area contributed by atoms with Crippen molar-refractivity contribution in [3.63, 3.8) is 0 Å². The molecule has 178 valence electrons. The zero-order chi connectivity index (χ0) is 24.3. The SMILES string of the molecule is Cc1ccc(C)c(S(=O)(=O)Nc2ccccc2C(=O)O[C@H](C)C(=O)N2C[C@H](C)O[C@@H](C)C2)c1. The second-order valence-electron chi connectivity index (χ2n) is 8.47. The van der Waals surface area contributed by atoms with Gasteiger partial charge in [0.1, 0.15) is 0 Å². The summed E-state index contributed by atoms with van der Waals surface area (Å²) in [5.74, 6) is -1.11. The summed E-state index contributed by atoms with van der Waals surface area (Å²) in [6.45, 7) is 9.60. The van der Waals surface area contributed by atoms with Gasteiger partial charge < -0.3 is 14.4 Å². The molecule has 3 rings (SSSR count). The fourth-order valence-corrected chi connectivity index (χ4v) is 5.25. The van der Waals surface area contributed by atoms with Gasteiger partial charge in [-0.05, 0) is 63.9 Å². The largest absolute Gasteiger partial charge is 0.449 e. The smallest absolute Gasteiger partial charge is 0.341 e. The van der Waals surface area contributed by atoms with Crippen molar-refractivity contribution >= 4 is 27.6 Å². The van der Waals surface area contributed by atoms with Crippen molar-refractivity contribution in [2.24, 2.45) is 0 Å². The van der Waals surface area contributed by atoms with Gasteiger partial charge in [-0.15, -0.1) is 0 Å². The van der Waals surface area contributed by atoms with E-state index in [1.54, 1.807) is 43.0 Å². The lowest BCUT2D eigenvalue weighted by molar-refractivity contribution is -0.151. The fourth-order valence-electron chi connectivity index (χ4n) is 3.84. The summed E-state index contributed by atoms with van der Waals surface area (Å²) >= 11 is 0. The third-order valence-electron chi connectivity index (χ3n) is 5.39. The van der Waals surface area contributed by atoms with Gasteiger partial charge in [0.15, 0.2) is 6.10 Å². The highest BCUT2D eigenvalue weighted by Crippen LogP contribution is 2.24. The molecule has 2 aromatic carbocycles. The molecule has 0 aromatic heterocycles. The first-order valence-electron chi connectivity index (χ1n) is 10.8. The summed E-state index contributed by atoms with van der Waals surface area (Å²) in [5, 5.41) is 0. The Morgan fingerprint density at radius 2 is 1.73 bits per heavy atom. The Bertz CT molecular complexity index is 1140. The number of rotatable bonds is 6. The van der Waals surface area contributed by atoms with Gasteiger partial charge in [0, 0.05) is 13.1 Å². The molecule has 1 saturated heterocycles. The Morgan fingerprint density at radius 3 is 2.39 bits per heavy atom. The van der Waals surface area contributed by atoms with E-state index in [4.69, 9.17) is 9.47 Å². The average molecular weight is 475 g/mol. The molecule has 0 spiro atoms. The molecular formula is C24H30N2O6S. The molecule has 1 amide bonds. The highest BCUT2D eigenvalue weighted by Gasteiger charge is 2.31. The fraction of sp³-hybridized carbons (Fsp3) is 0.417. The molecule has 3 atom stereocenters. The zero-order valence-electron chi connectivity index (χ0n) is 19.5. The van der Waals surface area contributed by atoms with Crippen LogP contribution in [-0.4, -0.2) is 56.6 Å². The van der Waals surface area contributed by atoms with E-state index in [1.807, 2.05) is 19.9 Å². The Kier molecular flexibility index (Phi) is 7.44. The maximum Gasteiger partial charge on any atom is 0.341 e. The van der Waals surface area contributed by atoms with E-state index in [0.29, 0.717) is 18.7 Å². The second kappa shape index (κ2) is 9.93. The van der Waals surface area contributed by atoms with Crippen LogP contribution in [0.15, 0.2) is 47.4 Å². The first kappa shape index (κ1) is 24.7. The quantitative estimate of drug-likeness (QED) is 0.645. The van der Waals surface area contributed by atoms with Gasteiger partial charge >= 0.3 is 5.97 Å².